The molecule has 3 aromatic carbocycles. The molecule has 4 aromatic rings. The summed E-state index contributed by atoms with van der Waals surface area (Å²) < 4.78 is 7.65. The first-order valence-corrected chi connectivity index (χ1v) is 9.13. The van der Waals surface area contributed by atoms with E-state index in [1.807, 2.05) is 91.3 Å². The van der Waals surface area contributed by atoms with Crippen molar-refractivity contribution in [3.63, 3.8) is 0 Å². The highest BCUT2D eigenvalue weighted by atomic mass is 16.5. The number of rotatable bonds is 4. The van der Waals surface area contributed by atoms with Crippen molar-refractivity contribution in [2.24, 2.45) is 0 Å². The number of carbonyl (C=O) groups is 1. The number of hydrogen-bond donors (Lipinski definition) is 0. The Morgan fingerprint density at radius 2 is 1.43 bits per heavy atom. The van der Waals surface area contributed by atoms with Gasteiger partial charge in [0, 0.05) is 16.8 Å². The van der Waals surface area contributed by atoms with Gasteiger partial charge in [-0.1, -0.05) is 54.6 Å². The van der Waals surface area contributed by atoms with Gasteiger partial charge >= 0.3 is 5.97 Å². The molecule has 0 radical (unpaired) electrons. The van der Waals surface area contributed by atoms with Crippen LogP contribution in [0.15, 0.2) is 84.9 Å². The lowest BCUT2D eigenvalue weighted by Gasteiger charge is -2.11. The van der Waals surface area contributed by atoms with E-state index in [1.54, 1.807) is 12.1 Å². The summed E-state index contributed by atoms with van der Waals surface area (Å²) in [5.41, 5.74) is 5.21. The zero-order valence-corrected chi connectivity index (χ0v) is 15.8. The lowest BCUT2D eigenvalue weighted by Crippen LogP contribution is -2.09. The summed E-state index contributed by atoms with van der Waals surface area (Å²) in [6, 6.07) is 26.6. The van der Waals surface area contributed by atoms with E-state index in [0.29, 0.717) is 11.3 Å². The number of aromatic nitrogens is 2. The molecular weight excluding hydrogens is 348 g/mol. The third-order valence-corrected chi connectivity index (χ3v) is 4.66. The predicted octanol–water partition coefficient (Wildman–Crippen LogP) is 5.38. The number of benzene rings is 3. The number of carbonyl (C=O) groups excluding carboxylic acids is 1. The number of ether oxygens (including phenoxy) is 1. The summed E-state index contributed by atoms with van der Waals surface area (Å²) in [4.78, 5) is 12.6. The molecule has 1 heterocycles. The first kappa shape index (κ1) is 17.7. The monoisotopic (exact) mass is 368 g/mol. The fourth-order valence-electron chi connectivity index (χ4n) is 3.35. The molecule has 4 rings (SSSR count). The maximum absolute atomic E-state index is 12.6. The lowest BCUT2D eigenvalue weighted by atomic mass is 10.0. The SMILES string of the molecule is Cc1nn(-c2ccccc2)c(C)c1-c1ccccc1OC(=O)c1ccccc1. The molecule has 0 atom stereocenters. The second-order valence-electron chi connectivity index (χ2n) is 6.54. The van der Waals surface area contributed by atoms with Crippen LogP contribution in [0.1, 0.15) is 21.7 Å². The summed E-state index contributed by atoms with van der Waals surface area (Å²) in [5, 5.41) is 4.71. The van der Waals surface area contributed by atoms with Gasteiger partial charge in [0.05, 0.1) is 16.9 Å². The Labute approximate surface area is 164 Å². The Kier molecular flexibility index (Phi) is 4.77. The molecule has 0 aliphatic heterocycles. The quantitative estimate of drug-likeness (QED) is 0.359. The van der Waals surface area contributed by atoms with Crippen LogP contribution in [0.25, 0.3) is 16.8 Å². The van der Waals surface area contributed by atoms with Gasteiger partial charge in [-0.2, -0.15) is 5.10 Å². The molecule has 0 fully saturated rings. The smallest absolute Gasteiger partial charge is 0.343 e. The van der Waals surface area contributed by atoms with Crippen LogP contribution in [-0.4, -0.2) is 15.7 Å². The van der Waals surface area contributed by atoms with Crippen LogP contribution in [0, 0.1) is 13.8 Å². The molecule has 0 amide bonds. The van der Waals surface area contributed by atoms with E-state index in [1.165, 1.54) is 0 Å². The van der Waals surface area contributed by atoms with Crippen molar-refractivity contribution in [2.75, 3.05) is 0 Å². The Morgan fingerprint density at radius 1 is 0.821 bits per heavy atom. The highest BCUT2D eigenvalue weighted by molar-refractivity contribution is 5.92. The number of para-hydroxylation sites is 2. The molecule has 0 unspecified atom stereocenters. The first-order valence-electron chi connectivity index (χ1n) is 9.13. The lowest BCUT2D eigenvalue weighted by molar-refractivity contribution is 0.0735. The van der Waals surface area contributed by atoms with Crippen molar-refractivity contribution in [3.8, 4) is 22.6 Å². The van der Waals surface area contributed by atoms with Crippen molar-refractivity contribution in [2.45, 2.75) is 13.8 Å². The van der Waals surface area contributed by atoms with Gasteiger partial charge in [0.15, 0.2) is 0 Å². The van der Waals surface area contributed by atoms with E-state index in [9.17, 15) is 4.79 Å². The van der Waals surface area contributed by atoms with E-state index in [0.717, 1.165) is 28.2 Å². The Balaban J connectivity index is 1.75. The zero-order valence-electron chi connectivity index (χ0n) is 15.8. The first-order chi connectivity index (χ1) is 13.6. The molecule has 0 aliphatic carbocycles. The molecule has 4 nitrogen and oxygen atoms in total. The topological polar surface area (TPSA) is 44.1 Å². The van der Waals surface area contributed by atoms with Gasteiger partial charge in [0.2, 0.25) is 0 Å². The summed E-state index contributed by atoms with van der Waals surface area (Å²) >= 11 is 0. The molecule has 28 heavy (non-hydrogen) atoms. The number of nitrogens with zero attached hydrogens (tertiary/aromatic N) is 2. The normalized spacial score (nSPS) is 10.6. The number of hydrogen-bond acceptors (Lipinski definition) is 3. The van der Waals surface area contributed by atoms with E-state index in [4.69, 9.17) is 9.84 Å². The van der Waals surface area contributed by atoms with Crippen molar-refractivity contribution >= 4 is 5.97 Å². The highest BCUT2D eigenvalue weighted by Crippen LogP contribution is 2.35. The highest BCUT2D eigenvalue weighted by Gasteiger charge is 2.19. The summed E-state index contributed by atoms with van der Waals surface area (Å²) in [5.74, 6) is 0.147. The standard InChI is InChI=1S/C24H20N2O2/c1-17-23(18(2)26(25-17)20-13-7-4-8-14-20)21-15-9-10-16-22(21)28-24(27)19-11-5-3-6-12-19/h3-16H,1-2H3. The van der Waals surface area contributed by atoms with E-state index in [-0.39, 0.29) is 5.97 Å². The van der Waals surface area contributed by atoms with Crippen LogP contribution < -0.4 is 4.74 Å². The molecule has 1 aromatic heterocycles. The third-order valence-electron chi connectivity index (χ3n) is 4.66. The summed E-state index contributed by atoms with van der Waals surface area (Å²) in [6.07, 6.45) is 0. The van der Waals surface area contributed by atoms with Crippen LogP contribution >= 0.6 is 0 Å². The maximum atomic E-state index is 12.6. The minimum atomic E-state index is -0.376. The van der Waals surface area contributed by atoms with E-state index < -0.39 is 0 Å². The molecule has 138 valence electrons. The Hall–Kier alpha value is -3.66. The van der Waals surface area contributed by atoms with Gasteiger partial charge in [-0.3, -0.25) is 0 Å². The molecule has 0 saturated carbocycles. The van der Waals surface area contributed by atoms with Gasteiger partial charge in [0.1, 0.15) is 5.75 Å². The minimum absolute atomic E-state index is 0.376. The van der Waals surface area contributed by atoms with Gasteiger partial charge in [0.25, 0.3) is 0 Å². The van der Waals surface area contributed by atoms with Crippen molar-refractivity contribution < 1.29 is 9.53 Å². The van der Waals surface area contributed by atoms with Gasteiger partial charge in [-0.05, 0) is 44.2 Å². The second kappa shape index (κ2) is 7.53. The Morgan fingerprint density at radius 3 is 2.14 bits per heavy atom. The maximum Gasteiger partial charge on any atom is 0.343 e. The van der Waals surface area contributed by atoms with E-state index >= 15 is 0 Å². The predicted molar refractivity (Wildman–Crippen MR) is 110 cm³/mol. The third kappa shape index (κ3) is 3.32. The van der Waals surface area contributed by atoms with Gasteiger partial charge in [-0.15, -0.1) is 0 Å². The summed E-state index contributed by atoms with van der Waals surface area (Å²) in [6.45, 7) is 4.00. The Bertz CT molecular complexity index is 1120. The molecule has 0 spiro atoms. The fraction of sp³-hybridized carbons (Fsp3) is 0.0833. The molecule has 0 bridgehead atoms. The van der Waals surface area contributed by atoms with Crippen LogP contribution in [-0.2, 0) is 0 Å². The molecule has 4 heteroatoms. The molecule has 0 saturated heterocycles. The van der Waals surface area contributed by atoms with Crippen molar-refractivity contribution in [1.29, 1.82) is 0 Å². The van der Waals surface area contributed by atoms with Crippen LogP contribution in [0.3, 0.4) is 0 Å². The molecule has 0 aliphatic rings. The van der Waals surface area contributed by atoms with Crippen LogP contribution in [0.2, 0.25) is 0 Å². The van der Waals surface area contributed by atoms with Crippen molar-refractivity contribution in [3.05, 3.63) is 102 Å². The summed E-state index contributed by atoms with van der Waals surface area (Å²) in [7, 11) is 0. The zero-order chi connectivity index (χ0) is 19.5. The fourth-order valence-corrected chi connectivity index (χ4v) is 3.35. The molecule has 0 N–H and O–H groups in total. The number of aryl methyl sites for hydroxylation is 1. The average molecular weight is 368 g/mol. The second-order valence-corrected chi connectivity index (χ2v) is 6.54. The van der Waals surface area contributed by atoms with Gasteiger partial charge < -0.3 is 4.74 Å². The van der Waals surface area contributed by atoms with Crippen molar-refractivity contribution in [1.82, 2.24) is 9.78 Å². The van der Waals surface area contributed by atoms with E-state index in [2.05, 4.69) is 0 Å². The van der Waals surface area contributed by atoms with Gasteiger partial charge in [-0.25, -0.2) is 9.48 Å². The minimum Gasteiger partial charge on any atom is -0.422 e. The largest absolute Gasteiger partial charge is 0.422 e. The number of esters is 1. The molecular formula is C24H20N2O2. The van der Waals surface area contributed by atoms with Crippen LogP contribution in [0.4, 0.5) is 0 Å². The van der Waals surface area contributed by atoms with Crippen LogP contribution in [0.5, 0.6) is 5.75 Å². The average Bonchev–Trinajstić information content (AvgIpc) is 3.04.